The molecule has 1 heterocycles. The molecule has 1 aromatic heterocycles. The van der Waals surface area contributed by atoms with E-state index in [4.69, 9.17) is 10.5 Å². The first-order valence-electron chi connectivity index (χ1n) is 6.54. The molecule has 6 nitrogen and oxygen atoms in total. The summed E-state index contributed by atoms with van der Waals surface area (Å²) in [6.07, 6.45) is 2.37. The van der Waals surface area contributed by atoms with Crippen molar-refractivity contribution in [2.24, 2.45) is 5.10 Å². The van der Waals surface area contributed by atoms with Gasteiger partial charge in [-0.1, -0.05) is 6.07 Å². The van der Waals surface area contributed by atoms with Crippen molar-refractivity contribution in [2.75, 3.05) is 5.43 Å². The predicted octanol–water partition coefficient (Wildman–Crippen LogP) is 2.50. The monoisotopic (exact) mass is 277 g/mol. The van der Waals surface area contributed by atoms with Gasteiger partial charge in [0.05, 0.1) is 11.4 Å². The number of hydrogen-bond donors (Lipinski definition) is 2. The number of aryl methyl sites for hydroxylation is 1. The summed E-state index contributed by atoms with van der Waals surface area (Å²) in [5.74, 6) is 0.149. The van der Waals surface area contributed by atoms with Crippen molar-refractivity contribution in [3.8, 4) is 12.1 Å². The molecule has 0 aliphatic heterocycles. The highest BCUT2D eigenvalue weighted by atomic mass is 16.1. The molecule has 0 atom stereocenters. The molecule has 0 amide bonds. The van der Waals surface area contributed by atoms with Crippen LogP contribution < -0.4 is 5.43 Å². The summed E-state index contributed by atoms with van der Waals surface area (Å²) in [5.41, 5.74) is 5.71. The standard InChI is InChI=1S/C15H11N5O/c16-7-10(8-17)20-19-9-4-5-11-12-2-1-3-14(21)15(12)18-13(11)6-9/h4-6,18-19H,1-3H2. The Bertz CT molecular complexity index is 831. The number of H-pyrrole nitrogens is 1. The topological polar surface area (TPSA) is 105 Å². The van der Waals surface area contributed by atoms with Gasteiger partial charge in [0.15, 0.2) is 5.78 Å². The molecular weight excluding hydrogens is 266 g/mol. The van der Waals surface area contributed by atoms with Crippen molar-refractivity contribution in [3.05, 3.63) is 29.5 Å². The van der Waals surface area contributed by atoms with Crippen molar-refractivity contribution in [2.45, 2.75) is 19.3 Å². The fourth-order valence-corrected chi connectivity index (χ4v) is 2.57. The average Bonchev–Trinajstić information content (AvgIpc) is 2.88. The summed E-state index contributed by atoms with van der Waals surface area (Å²) in [6, 6.07) is 8.90. The number of nitriles is 2. The first-order valence-corrected chi connectivity index (χ1v) is 6.54. The van der Waals surface area contributed by atoms with E-state index in [1.54, 1.807) is 12.1 Å². The maximum Gasteiger partial charge on any atom is 0.237 e. The van der Waals surface area contributed by atoms with Gasteiger partial charge in [-0.05, 0) is 30.5 Å². The second-order valence-electron chi connectivity index (χ2n) is 4.81. The summed E-state index contributed by atoms with van der Waals surface area (Å²) in [7, 11) is 0. The Hall–Kier alpha value is -3.12. The van der Waals surface area contributed by atoms with Crippen LogP contribution in [0.15, 0.2) is 23.3 Å². The van der Waals surface area contributed by atoms with Gasteiger partial charge in [-0.3, -0.25) is 10.2 Å². The maximum atomic E-state index is 11.9. The molecule has 0 saturated carbocycles. The Morgan fingerprint density at radius 1 is 1.29 bits per heavy atom. The van der Waals surface area contributed by atoms with Gasteiger partial charge >= 0.3 is 0 Å². The van der Waals surface area contributed by atoms with E-state index in [-0.39, 0.29) is 11.5 Å². The van der Waals surface area contributed by atoms with Crippen LogP contribution in [0.1, 0.15) is 28.9 Å². The minimum atomic E-state index is -0.240. The van der Waals surface area contributed by atoms with Gasteiger partial charge in [-0.15, -0.1) is 0 Å². The minimum Gasteiger partial charge on any atom is -0.352 e. The Morgan fingerprint density at radius 2 is 2.10 bits per heavy atom. The van der Waals surface area contributed by atoms with E-state index in [1.165, 1.54) is 0 Å². The van der Waals surface area contributed by atoms with Crippen molar-refractivity contribution in [1.82, 2.24) is 4.98 Å². The lowest BCUT2D eigenvalue weighted by Gasteiger charge is -2.09. The minimum absolute atomic E-state index is 0.149. The number of carbonyl (C=O) groups is 1. The molecule has 3 rings (SSSR count). The summed E-state index contributed by atoms with van der Waals surface area (Å²) in [4.78, 5) is 15.0. The number of fused-ring (bicyclic) bond motifs is 3. The molecule has 0 bridgehead atoms. The lowest BCUT2D eigenvalue weighted by molar-refractivity contribution is 0.0968. The van der Waals surface area contributed by atoms with Crippen molar-refractivity contribution in [1.29, 1.82) is 10.5 Å². The number of rotatable bonds is 2. The molecule has 6 heteroatoms. The zero-order valence-electron chi connectivity index (χ0n) is 11.1. The molecule has 1 aliphatic carbocycles. The van der Waals surface area contributed by atoms with Gasteiger partial charge in [0.2, 0.25) is 5.71 Å². The van der Waals surface area contributed by atoms with E-state index < -0.39 is 0 Å². The highest BCUT2D eigenvalue weighted by Gasteiger charge is 2.21. The number of hydrazone groups is 1. The fraction of sp³-hybridized carbons (Fsp3) is 0.200. The zero-order valence-corrected chi connectivity index (χ0v) is 11.1. The Labute approximate surface area is 120 Å². The summed E-state index contributed by atoms with van der Waals surface area (Å²) in [5, 5.41) is 22.0. The molecule has 0 unspecified atom stereocenters. The molecule has 0 fully saturated rings. The van der Waals surface area contributed by atoms with E-state index in [9.17, 15) is 4.79 Å². The van der Waals surface area contributed by atoms with Crippen LogP contribution >= 0.6 is 0 Å². The first kappa shape index (κ1) is 12.9. The molecule has 21 heavy (non-hydrogen) atoms. The third-order valence-electron chi connectivity index (χ3n) is 3.52. The second kappa shape index (κ2) is 5.10. The molecule has 2 N–H and O–H groups in total. The number of ketones is 1. The number of nitrogens with one attached hydrogen (secondary N) is 2. The van der Waals surface area contributed by atoms with E-state index in [1.807, 2.05) is 18.2 Å². The van der Waals surface area contributed by atoms with Gasteiger partial charge in [-0.2, -0.15) is 15.6 Å². The number of nitrogens with zero attached hydrogens (tertiary/aromatic N) is 3. The smallest absolute Gasteiger partial charge is 0.237 e. The Morgan fingerprint density at radius 3 is 2.86 bits per heavy atom. The highest BCUT2D eigenvalue weighted by molar-refractivity contribution is 6.10. The number of hydrogen-bond acceptors (Lipinski definition) is 5. The Balaban J connectivity index is 1.99. The number of Topliss-reactive ketones (excluding diaryl/α,β-unsaturated/α-hetero) is 1. The Kier molecular flexibility index (Phi) is 3.13. The molecule has 1 aliphatic rings. The third kappa shape index (κ3) is 2.24. The number of anilines is 1. The van der Waals surface area contributed by atoms with Crippen molar-refractivity contribution in [3.63, 3.8) is 0 Å². The molecule has 0 spiro atoms. The van der Waals surface area contributed by atoms with Gasteiger partial charge in [0.1, 0.15) is 12.1 Å². The van der Waals surface area contributed by atoms with Crippen LogP contribution in [0.4, 0.5) is 5.69 Å². The van der Waals surface area contributed by atoms with E-state index in [0.29, 0.717) is 17.8 Å². The van der Waals surface area contributed by atoms with Gasteiger partial charge < -0.3 is 4.98 Å². The highest BCUT2D eigenvalue weighted by Crippen LogP contribution is 2.30. The second-order valence-corrected chi connectivity index (χ2v) is 4.81. The summed E-state index contributed by atoms with van der Waals surface area (Å²) in [6.45, 7) is 0. The van der Waals surface area contributed by atoms with Crippen LogP contribution in [0.3, 0.4) is 0 Å². The number of aromatic amines is 1. The maximum absolute atomic E-state index is 11.9. The predicted molar refractivity (Wildman–Crippen MR) is 77.9 cm³/mol. The quantitative estimate of drug-likeness (QED) is 0.649. The van der Waals surface area contributed by atoms with Gasteiger partial charge in [-0.25, -0.2) is 0 Å². The van der Waals surface area contributed by atoms with Gasteiger partial charge in [0.25, 0.3) is 0 Å². The number of aromatic nitrogens is 1. The average molecular weight is 277 g/mol. The molecule has 1 aromatic carbocycles. The number of benzene rings is 1. The molecule has 0 saturated heterocycles. The largest absolute Gasteiger partial charge is 0.352 e. The van der Waals surface area contributed by atoms with Crippen LogP contribution in [-0.2, 0) is 6.42 Å². The van der Waals surface area contributed by atoms with Crippen LogP contribution in [0.25, 0.3) is 10.9 Å². The van der Waals surface area contributed by atoms with Crippen LogP contribution in [-0.4, -0.2) is 16.5 Å². The normalized spacial score (nSPS) is 13.1. The molecular formula is C15H11N5O. The lowest BCUT2D eigenvalue weighted by atomic mass is 9.95. The zero-order chi connectivity index (χ0) is 14.8. The first-order chi connectivity index (χ1) is 10.2. The van der Waals surface area contributed by atoms with Gasteiger partial charge in [0, 0.05) is 17.3 Å². The van der Waals surface area contributed by atoms with E-state index >= 15 is 0 Å². The molecule has 0 radical (unpaired) electrons. The van der Waals surface area contributed by atoms with Crippen LogP contribution in [0.5, 0.6) is 0 Å². The summed E-state index contributed by atoms with van der Waals surface area (Å²) < 4.78 is 0. The van der Waals surface area contributed by atoms with Crippen LogP contribution in [0.2, 0.25) is 0 Å². The van der Waals surface area contributed by atoms with Crippen LogP contribution in [0, 0.1) is 22.7 Å². The molecule has 2 aromatic rings. The van der Waals surface area contributed by atoms with E-state index in [0.717, 1.165) is 29.3 Å². The number of carbonyl (C=O) groups excluding carboxylic acids is 1. The third-order valence-corrected chi connectivity index (χ3v) is 3.52. The molecule has 102 valence electrons. The lowest BCUT2D eigenvalue weighted by Crippen LogP contribution is -2.09. The summed E-state index contributed by atoms with van der Waals surface area (Å²) >= 11 is 0. The van der Waals surface area contributed by atoms with Crippen molar-refractivity contribution >= 4 is 28.1 Å². The SMILES string of the molecule is N#CC(C#N)=NNc1ccc2c3c([nH]c2c1)C(=O)CCC3. The van der Waals surface area contributed by atoms with E-state index in [2.05, 4.69) is 15.5 Å². The van der Waals surface area contributed by atoms with Crippen molar-refractivity contribution < 1.29 is 4.79 Å². The fourth-order valence-electron chi connectivity index (χ4n) is 2.57.